The molecule has 0 aliphatic rings. The van der Waals surface area contributed by atoms with Gasteiger partial charge in [-0.1, -0.05) is 0 Å². The van der Waals surface area contributed by atoms with Gasteiger partial charge in [0, 0.05) is 0 Å². The fraction of sp³-hybridized carbons (Fsp3) is 0. The molecule has 0 unspecified atom stereocenters. The van der Waals surface area contributed by atoms with Crippen molar-refractivity contribution in [2.24, 2.45) is 0 Å². The van der Waals surface area contributed by atoms with E-state index in [-0.39, 0.29) is 0 Å². The van der Waals surface area contributed by atoms with Gasteiger partial charge in [-0.05, 0) is 0 Å². The van der Waals surface area contributed by atoms with E-state index < -0.39 is 21.2 Å². The Labute approximate surface area is 35.3 Å². The molecule has 0 saturated heterocycles. The van der Waals surface area contributed by atoms with Crippen LogP contribution < -0.4 is 0 Å². The Kier molecular flexibility index (Phi) is 2.65. The molecule has 0 heterocycles. The van der Waals surface area contributed by atoms with Gasteiger partial charge in [-0.25, -0.2) is 0 Å². The molecule has 0 atom stereocenters. The second kappa shape index (κ2) is 2.16. The summed E-state index contributed by atoms with van der Waals surface area (Å²) in [5.74, 6) is 0. The molecular formula is ClFOZr. The summed E-state index contributed by atoms with van der Waals surface area (Å²) in [6, 6.07) is 0. The zero-order chi connectivity index (χ0) is 3.58. The van der Waals surface area contributed by atoms with E-state index in [0.29, 0.717) is 0 Å². The first-order valence-corrected chi connectivity index (χ1v) is 5.68. The average Bonchev–Trinajstić information content (AvgIpc) is 0.811. The van der Waals surface area contributed by atoms with Gasteiger partial charge in [-0.3, -0.25) is 0 Å². The SMILES string of the molecule is [O]=[Zr]([F])[Cl]. The van der Waals surface area contributed by atoms with Crippen LogP contribution in [0.5, 0.6) is 0 Å². The van der Waals surface area contributed by atoms with Gasteiger partial charge in [0.25, 0.3) is 0 Å². The Morgan fingerprint density at radius 2 is 2.00 bits per heavy atom. The molecule has 1 nitrogen and oxygen atoms in total. The first-order chi connectivity index (χ1) is 1.73. The Hall–Kier alpha value is 0.903. The molecule has 0 rings (SSSR count). The molecule has 0 fully saturated rings. The van der Waals surface area contributed by atoms with Crippen molar-refractivity contribution in [2.45, 2.75) is 0 Å². The van der Waals surface area contributed by atoms with Crippen LogP contribution in [0.2, 0.25) is 0 Å². The van der Waals surface area contributed by atoms with Gasteiger partial charge in [0.15, 0.2) is 0 Å². The molecule has 0 N–H and O–H groups in total. The normalized spacial score (nSPS) is 6.50. The summed E-state index contributed by atoms with van der Waals surface area (Å²) in [4.78, 5) is 0. The fourth-order valence-electron chi connectivity index (χ4n) is 0. The minimum absolute atomic E-state index is 3.82. The van der Waals surface area contributed by atoms with Crippen LogP contribution >= 0.6 is 8.51 Å². The van der Waals surface area contributed by atoms with Crippen LogP contribution in [-0.4, -0.2) is 0 Å². The van der Waals surface area contributed by atoms with E-state index in [0.717, 1.165) is 0 Å². The van der Waals surface area contributed by atoms with Gasteiger partial charge in [-0.2, -0.15) is 0 Å². The van der Waals surface area contributed by atoms with Crippen molar-refractivity contribution in [1.29, 1.82) is 0 Å². The molecule has 0 aromatic rings. The summed E-state index contributed by atoms with van der Waals surface area (Å²) < 4.78 is 19.2. The summed E-state index contributed by atoms with van der Waals surface area (Å²) in [6.45, 7) is 0. The van der Waals surface area contributed by atoms with Crippen molar-refractivity contribution in [3.8, 4) is 0 Å². The van der Waals surface area contributed by atoms with Crippen LogP contribution in [0.15, 0.2) is 0 Å². The monoisotopic (exact) mass is 160 g/mol. The number of halogens is 2. The first kappa shape index (κ1) is 4.90. The van der Waals surface area contributed by atoms with Crippen molar-refractivity contribution in [1.82, 2.24) is 0 Å². The predicted molar refractivity (Wildman–Crippen MR) is 7.65 cm³/mol. The number of hydrogen-bond acceptors (Lipinski definition) is 1. The first-order valence-electron chi connectivity index (χ1n) is 0.582. The van der Waals surface area contributed by atoms with Crippen molar-refractivity contribution in [2.75, 3.05) is 0 Å². The molecule has 4 heavy (non-hydrogen) atoms. The van der Waals surface area contributed by atoms with Crippen LogP contribution in [0.3, 0.4) is 0 Å². The van der Waals surface area contributed by atoms with Gasteiger partial charge >= 0.3 is 35.1 Å². The van der Waals surface area contributed by atoms with Gasteiger partial charge in [0.2, 0.25) is 0 Å². The average molecular weight is 162 g/mol. The standard InChI is InChI=1S/ClH.FH.O.Zr/h2*1H;;/q;;;+2/p-2. The number of rotatable bonds is 0. The van der Waals surface area contributed by atoms with Crippen molar-refractivity contribution >= 4 is 8.51 Å². The van der Waals surface area contributed by atoms with Gasteiger partial charge in [-0.15, -0.1) is 0 Å². The topological polar surface area (TPSA) is 17.1 Å². The zero-order valence-electron chi connectivity index (χ0n) is 1.66. The quantitative estimate of drug-likeness (QED) is 0.518. The summed E-state index contributed by atoms with van der Waals surface area (Å²) >= 11 is -3.82. The third kappa shape index (κ3) is 12.9. The second-order valence-electron chi connectivity index (χ2n) is 0.226. The van der Waals surface area contributed by atoms with E-state index in [1.807, 2.05) is 0 Å². The Morgan fingerprint density at radius 1 is 2.00 bits per heavy atom. The maximum absolute atomic E-state index is 10.4. The molecule has 4 heteroatoms. The van der Waals surface area contributed by atoms with E-state index in [2.05, 4.69) is 8.51 Å². The molecule has 0 spiro atoms. The van der Waals surface area contributed by atoms with E-state index in [9.17, 15) is 2.63 Å². The molecule has 0 amide bonds. The fourth-order valence-corrected chi connectivity index (χ4v) is 0. The van der Waals surface area contributed by atoms with Crippen LogP contribution in [0.1, 0.15) is 0 Å². The summed E-state index contributed by atoms with van der Waals surface area (Å²) in [5, 5.41) is 0. The summed E-state index contributed by atoms with van der Waals surface area (Å²) in [5.41, 5.74) is 0. The Morgan fingerprint density at radius 3 is 2.00 bits per heavy atom. The summed E-state index contributed by atoms with van der Waals surface area (Å²) in [7, 11) is 4.25. The summed E-state index contributed by atoms with van der Waals surface area (Å²) in [6.07, 6.45) is 0. The molecule has 24 valence electrons. The van der Waals surface area contributed by atoms with E-state index >= 15 is 0 Å². The molecule has 0 radical (unpaired) electrons. The molecular weight excluding hydrogens is 162 g/mol. The Bertz CT molecular complexity index is 31.0. The van der Waals surface area contributed by atoms with Crippen molar-refractivity contribution in [3.63, 3.8) is 0 Å². The number of hydrogen-bond donors (Lipinski definition) is 0. The molecule has 0 saturated carbocycles. The maximum atomic E-state index is 10.4. The molecule has 0 aliphatic carbocycles. The van der Waals surface area contributed by atoms with Gasteiger partial charge in [0.05, 0.1) is 0 Å². The van der Waals surface area contributed by atoms with Crippen LogP contribution in [0.4, 0.5) is 2.63 Å². The minimum atomic E-state index is -3.82. The third-order valence-electron chi connectivity index (χ3n) is 0. The Balaban J connectivity index is 2.80. The van der Waals surface area contributed by atoms with Crippen LogP contribution in [0, 0.1) is 0 Å². The second-order valence-corrected chi connectivity index (χ2v) is 3.09. The molecule has 0 bridgehead atoms. The van der Waals surface area contributed by atoms with Crippen molar-refractivity contribution < 1.29 is 26.6 Å². The van der Waals surface area contributed by atoms with Gasteiger partial charge < -0.3 is 0 Å². The third-order valence-corrected chi connectivity index (χ3v) is 0. The predicted octanol–water partition coefficient (Wildman–Crippen LogP) is 0.988. The zero-order valence-corrected chi connectivity index (χ0v) is 4.88. The van der Waals surface area contributed by atoms with E-state index in [4.69, 9.17) is 2.81 Å². The molecule has 0 aromatic carbocycles. The van der Waals surface area contributed by atoms with Gasteiger partial charge in [0.1, 0.15) is 0 Å². The van der Waals surface area contributed by atoms with Crippen molar-refractivity contribution in [3.05, 3.63) is 0 Å². The van der Waals surface area contributed by atoms with E-state index in [1.54, 1.807) is 0 Å². The molecule has 0 aromatic heterocycles. The molecule has 0 aliphatic heterocycles. The van der Waals surface area contributed by atoms with Crippen LogP contribution in [-0.2, 0) is 24.0 Å². The van der Waals surface area contributed by atoms with Crippen LogP contribution in [0.25, 0.3) is 0 Å². The van der Waals surface area contributed by atoms with E-state index in [1.165, 1.54) is 0 Å².